The SMILES string of the molecule is CC(N[C@H](C)C(=O)N(C)C)c1cscn1. The largest absolute Gasteiger partial charge is 0.347 e. The number of amides is 1. The van der Waals surface area contributed by atoms with Crippen LogP contribution in [0, 0.1) is 0 Å². The number of rotatable bonds is 4. The van der Waals surface area contributed by atoms with Crippen molar-refractivity contribution in [3.8, 4) is 0 Å². The summed E-state index contributed by atoms with van der Waals surface area (Å²) in [5.74, 6) is 0.0806. The fourth-order valence-electron chi connectivity index (χ4n) is 1.35. The van der Waals surface area contributed by atoms with E-state index in [1.807, 2.05) is 19.2 Å². The van der Waals surface area contributed by atoms with E-state index in [0.29, 0.717) is 0 Å². The standard InChI is InChI=1S/C10H17N3OS/c1-7(9-5-15-6-11-9)12-8(2)10(14)13(3)4/h5-8,12H,1-4H3/t7?,8-/m1/s1. The molecule has 1 amide bonds. The number of thiazole rings is 1. The molecule has 0 fully saturated rings. The normalized spacial score (nSPS) is 14.7. The van der Waals surface area contributed by atoms with Gasteiger partial charge in [0.1, 0.15) is 0 Å². The summed E-state index contributed by atoms with van der Waals surface area (Å²) < 4.78 is 0. The highest BCUT2D eigenvalue weighted by Gasteiger charge is 2.18. The second-order valence-electron chi connectivity index (χ2n) is 3.76. The Kier molecular flexibility index (Phi) is 4.23. The van der Waals surface area contributed by atoms with Gasteiger partial charge in [0.2, 0.25) is 5.91 Å². The molecule has 0 aliphatic rings. The second-order valence-corrected chi connectivity index (χ2v) is 4.47. The minimum Gasteiger partial charge on any atom is -0.347 e. The Bertz CT molecular complexity index is 310. The zero-order chi connectivity index (χ0) is 11.4. The Hall–Kier alpha value is -0.940. The third-order valence-corrected chi connectivity index (χ3v) is 2.81. The summed E-state index contributed by atoms with van der Waals surface area (Å²) in [6.45, 7) is 3.87. The molecule has 1 aromatic heterocycles. The molecule has 1 rings (SSSR count). The van der Waals surface area contributed by atoms with Crippen molar-refractivity contribution in [3.05, 3.63) is 16.6 Å². The molecule has 0 aliphatic carbocycles. The molecular formula is C10H17N3OS. The van der Waals surface area contributed by atoms with Crippen molar-refractivity contribution < 1.29 is 4.79 Å². The van der Waals surface area contributed by atoms with Gasteiger partial charge >= 0.3 is 0 Å². The number of carbonyl (C=O) groups excluding carboxylic acids is 1. The second kappa shape index (κ2) is 5.23. The van der Waals surface area contributed by atoms with Crippen LogP contribution in [0.1, 0.15) is 25.6 Å². The summed E-state index contributed by atoms with van der Waals surface area (Å²) >= 11 is 1.56. The zero-order valence-electron chi connectivity index (χ0n) is 9.52. The Labute approximate surface area is 94.3 Å². The van der Waals surface area contributed by atoms with E-state index in [1.165, 1.54) is 0 Å². The van der Waals surface area contributed by atoms with Crippen LogP contribution < -0.4 is 5.32 Å². The molecule has 0 radical (unpaired) electrons. The molecule has 0 bridgehead atoms. The average Bonchev–Trinajstić information content (AvgIpc) is 2.68. The predicted molar refractivity (Wildman–Crippen MR) is 61.8 cm³/mol. The van der Waals surface area contributed by atoms with Crippen molar-refractivity contribution in [2.75, 3.05) is 14.1 Å². The van der Waals surface area contributed by atoms with E-state index in [2.05, 4.69) is 10.3 Å². The van der Waals surface area contributed by atoms with Crippen LogP contribution in [0.3, 0.4) is 0 Å². The van der Waals surface area contributed by atoms with Gasteiger partial charge in [0.05, 0.1) is 17.2 Å². The zero-order valence-corrected chi connectivity index (χ0v) is 10.3. The number of aromatic nitrogens is 1. The van der Waals surface area contributed by atoms with Crippen molar-refractivity contribution in [2.24, 2.45) is 0 Å². The first-order valence-corrected chi connectivity index (χ1v) is 5.82. The van der Waals surface area contributed by atoms with Crippen LogP contribution in [0.2, 0.25) is 0 Å². The predicted octanol–water partition coefficient (Wildman–Crippen LogP) is 1.27. The highest BCUT2D eigenvalue weighted by Crippen LogP contribution is 2.12. The molecule has 2 atom stereocenters. The van der Waals surface area contributed by atoms with Gasteiger partial charge in [-0.1, -0.05) is 0 Å². The summed E-state index contributed by atoms with van der Waals surface area (Å²) in [7, 11) is 3.52. The summed E-state index contributed by atoms with van der Waals surface area (Å²) in [5, 5.41) is 5.21. The van der Waals surface area contributed by atoms with Gasteiger partial charge in [-0.15, -0.1) is 11.3 Å². The van der Waals surface area contributed by atoms with Crippen LogP contribution in [-0.2, 0) is 4.79 Å². The smallest absolute Gasteiger partial charge is 0.238 e. The van der Waals surface area contributed by atoms with E-state index in [1.54, 1.807) is 35.8 Å². The molecule has 0 aromatic carbocycles. The quantitative estimate of drug-likeness (QED) is 0.842. The van der Waals surface area contributed by atoms with Crippen LogP contribution in [0.25, 0.3) is 0 Å². The van der Waals surface area contributed by atoms with Crippen molar-refractivity contribution in [2.45, 2.75) is 25.9 Å². The maximum Gasteiger partial charge on any atom is 0.238 e. The fourth-order valence-corrected chi connectivity index (χ4v) is 2.00. The molecule has 0 spiro atoms. The summed E-state index contributed by atoms with van der Waals surface area (Å²) in [5.41, 5.74) is 2.78. The van der Waals surface area contributed by atoms with Crippen LogP contribution >= 0.6 is 11.3 Å². The first-order chi connectivity index (χ1) is 7.02. The Balaban J connectivity index is 2.52. The van der Waals surface area contributed by atoms with Gasteiger partial charge in [0.25, 0.3) is 0 Å². The first kappa shape index (κ1) is 12.1. The van der Waals surface area contributed by atoms with Gasteiger partial charge in [-0.25, -0.2) is 4.98 Å². The van der Waals surface area contributed by atoms with Crippen LogP contribution in [0.15, 0.2) is 10.9 Å². The number of hydrogen-bond acceptors (Lipinski definition) is 4. The highest BCUT2D eigenvalue weighted by atomic mass is 32.1. The number of nitrogens with one attached hydrogen (secondary N) is 1. The van der Waals surface area contributed by atoms with Crippen molar-refractivity contribution in [1.82, 2.24) is 15.2 Å². The van der Waals surface area contributed by atoms with Gasteiger partial charge in [-0.2, -0.15) is 0 Å². The molecule has 5 heteroatoms. The number of nitrogens with zero attached hydrogens (tertiary/aromatic N) is 2. The van der Waals surface area contributed by atoms with E-state index in [0.717, 1.165) is 5.69 Å². The molecule has 0 aliphatic heterocycles. The molecular weight excluding hydrogens is 210 g/mol. The first-order valence-electron chi connectivity index (χ1n) is 4.87. The van der Waals surface area contributed by atoms with E-state index in [9.17, 15) is 4.79 Å². The number of hydrogen-bond donors (Lipinski definition) is 1. The highest BCUT2D eigenvalue weighted by molar-refractivity contribution is 7.07. The minimum absolute atomic E-state index is 0.0806. The molecule has 1 heterocycles. The van der Waals surface area contributed by atoms with Gasteiger partial charge in [0.15, 0.2) is 0 Å². The third kappa shape index (κ3) is 3.28. The van der Waals surface area contributed by atoms with Gasteiger partial charge in [-0.05, 0) is 13.8 Å². The molecule has 0 saturated carbocycles. The number of likely N-dealkylation sites (N-methyl/N-ethyl adjacent to an activating group) is 1. The van der Waals surface area contributed by atoms with E-state index >= 15 is 0 Å². The maximum absolute atomic E-state index is 11.6. The molecule has 4 nitrogen and oxygen atoms in total. The molecule has 1 N–H and O–H groups in total. The Morgan fingerprint density at radius 2 is 2.20 bits per heavy atom. The molecule has 1 aromatic rings. The molecule has 84 valence electrons. The Morgan fingerprint density at radius 3 is 2.67 bits per heavy atom. The summed E-state index contributed by atoms with van der Waals surface area (Å²) in [4.78, 5) is 17.4. The van der Waals surface area contributed by atoms with Crippen LogP contribution in [-0.4, -0.2) is 35.9 Å². The van der Waals surface area contributed by atoms with Gasteiger partial charge < -0.3 is 4.90 Å². The van der Waals surface area contributed by atoms with E-state index < -0.39 is 0 Å². The molecule has 15 heavy (non-hydrogen) atoms. The molecule has 1 unspecified atom stereocenters. The third-order valence-electron chi connectivity index (χ3n) is 2.21. The van der Waals surface area contributed by atoms with Gasteiger partial charge in [-0.3, -0.25) is 10.1 Å². The van der Waals surface area contributed by atoms with Crippen molar-refractivity contribution in [1.29, 1.82) is 0 Å². The number of carbonyl (C=O) groups is 1. The Morgan fingerprint density at radius 1 is 1.53 bits per heavy atom. The summed E-state index contributed by atoms with van der Waals surface area (Å²) in [6, 6.07) is -0.0770. The van der Waals surface area contributed by atoms with E-state index in [-0.39, 0.29) is 18.0 Å². The fraction of sp³-hybridized carbons (Fsp3) is 0.600. The lowest BCUT2D eigenvalue weighted by molar-refractivity contribution is -0.130. The van der Waals surface area contributed by atoms with Crippen LogP contribution in [0.5, 0.6) is 0 Å². The maximum atomic E-state index is 11.6. The van der Waals surface area contributed by atoms with Crippen molar-refractivity contribution in [3.63, 3.8) is 0 Å². The topological polar surface area (TPSA) is 45.2 Å². The van der Waals surface area contributed by atoms with E-state index in [4.69, 9.17) is 0 Å². The van der Waals surface area contributed by atoms with Crippen LogP contribution in [0.4, 0.5) is 0 Å². The monoisotopic (exact) mass is 227 g/mol. The lowest BCUT2D eigenvalue weighted by atomic mass is 10.2. The lowest BCUT2D eigenvalue weighted by Gasteiger charge is -2.21. The average molecular weight is 227 g/mol. The van der Waals surface area contributed by atoms with Crippen molar-refractivity contribution >= 4 is 17.2 Å². The summed E-state index contributed by atoms with van der Waals surface area (Å²) in [6.07, 6.45) is 0. The lowest BCUT2D eigenvalue weighted by Crippen LogP contribution is -2.42. The molecule has 0 saturated heterocycles. The van der Waals surface area contributed by atoms with Gasteiger partial charge in [0, 0.05) is 25.5 Å². The minimum atomic E-state index is -0.184.